The summed E-state index contributed by atoms with van der Waals surface area (Å²) in [6.45, 7) is 4.63. The smallest absolute Gasteiger partial charge is 0.262 e. The van der Waals surface area contributed by atoms with Gasteiger partial charge in [0.05, 0.1) is 4.92 Å². The van der Waals surface area contributed by atoms with Crippen molar-refractivity contribution >= 4 is 18.3 Å². The van der Waals surface area contributed by atoms with Crippen molar-refractivity contribution in [2.45, 2.75) is 58.9 Å². The van der Waals surface area contributed by atoms with E-state index in [0.717, 1.165) is 43.7 Å². The minimum absolute atomic E-state index is 0.223. The average Bonchev–Trinajstić information content (AvgIpc) is 2.76. The van der Waals surface area contributed by atoms with Crippen LogP contribution in [0.1, 0.15) is 50.9 Å². The molecule has 0 aliphatic carbocycles. The van der Waals surface area contributed by atoms with Crippen molar-refractivity contribution in [3.63, 3.8) is 0 Å². The summed E-state index contributed by atoms with van der Waals surface area (Å²) in [5.74, 6) is 0.924. The Morgan fingerprint density at radius 1 is 1.21 bits per heavy atom. The summed E-state index contributed by atoms with van der Waals surface area (Å²) in [7, 11) is 0. The predicted octanol–water partition coefficient (Wildman–Crippen LogP) is 3.41. The largest absolute Gasteiger partial charge is 0.313 e. The first-order valence-electron chi connectivity index (χ1n) is 6.99. The first-order chi connectivity index (χ1) is 9.15. The fourth-order valence-corrected chi connectivity index (χ4v) is 2.48. The van der Waals surface area contributed by atoms with Crippen molar-refractivity contribution in [1.82, 2.24) is 9.78 Å². The molecule has 1 aromatic heterocycles. The highest BCUT2D eigenvalue weighted by Crippen LogP contribution is 2.25. The zero-order valence-corrected chi connectivity index (χ0v) is 12.7. The molecule has 1 rings (SSSR count). The Labute approximate surface area is 119 Å². The molecule has 0 spiro atoms. The van der Waals surface area contributed by atoms with Gasteiger partial charge in [0.25, 0.3) is 0 Å². The fraction of sp³-hybridized carbons (Fsp3) is 0.769. The maximum atomic E-state index is 11.1. The van der Waals surface area contributed by atoms with Crippen LogP contribution in [0.25, 0.3) is 0 Å². The van der Waals surface area contributed by atoms with Crippen LogP contribution in [-0.2, 0) is 19.4 Å². The van der Waals surface area contributed by atoms with Gasteiger partial charge in [0, 0.05) is 6.54 Å². The monoisotopic (exact) mass is 285 g/mol. The summed E-state index contributed by atoms with van der Waals surface area (Å²) in [6.07, 6.45) is 5.69. The summed E-state index contributed by atoms with van der Waals surface area (Å²) in [5, 5.41) is 15.5. The third-order valence-electron chi connectivity index (χ3n) is 3.23. The lowest BCUT2D eigenvalue weighted by Crippen LogP contribution is -2.05. The van der Waals surface area contributed by atoms with Gasteiger partial charge in [-0.1, -0.05) is 26.7 Å². The van der Waals surface area contributed by atoms with E-state index >= 15 is 0 Å². The van der Waals surface area contributed by atoms with Gasteiger partial charge >= 0.3 is 5.69 Å². The molecular weight excluding hydrogens is 262 g/mol. The van der Waals surface area contributed by atoms with Crippen LogP contribution in [0.3, 0.4) is 0 Å². The van der Waals surface area contributed by atoms with Crippen LogP contribution in [0.2, 0.25) is 0 Å². The highest BCUT2D eigenvalue weighted by atomic mass is 32.1. The van der Waals surface area contributed by atoms with E-state index in [2.05, 4.69) is 17.7 Å². The molecule has 0 aromatic carbocycles. The van der Waals surface area contributed by atoms with Gasteiger partial charge in [0.1, 0.15) is 11.4 Å². The normalized spacial score (nSPS) is 10.9. The van der Waals surface area contributed by atoms with Crippen LogP contribution in [0, 0.1) is 10.1 Å². The van der Waals surface area contributed by atoms with E-state index in [-0.39, 0.29) is 10.6 Å². The van der Waals surface area contributed by atoms with Gasteiger partial charge in [-0.3, -0.25) is 14.8 Å². The number of nitro groups is 1. The second-order valence-corrected chi connectivity index (χ2v) is 5.01. The van der Waals surface area contributed by atoms with E-state index in [9.17, 15) is 10.1 Å². The molecule has 0 bridgehead atoms. The molecule has 1 aromatic rings. The van der Waals surface area contributed by atoms with E-state index < -0.39 is 0 Å². The SMILES string of the molecule is CCc1nn(CCCCCCS)c(CC)c1[N+](=O)[O-]. The molecule has 0 saturated carbocycles. The predicted molar refractivity (Wildman–Crippen MR) is 80.0 cm³/mol. The summed E-state index contributed by atoms with van der Waals surface area (Å²) < 4.78 is 1.83. The first kappa shape index (κ1) is 16.0. The average molecular weight is 285 g/mol. The number of rotatable bonds is 9. The number of nitrogens with zero attached hydrogens (tertiary/aromatic N) is 3. The molecule has 0 radical (unpaired) electrons. The maximum Gasteiger partial charge on any atom is 0.313 e. The second kappa shape index (κ2) is 8.19. The zero-order chi connectivity index (χ0) is 14.3. The third-order valence-corrected chi connectivity index (χ3v) is 3.55. The fourth-order valence-electron chi connectivity index (χ4n) is 2.25. The van der Waals surface area contributed by atoms with E-state index in [1.54, 1.807) is 0 Å². The minimum Gasteiger partial charge on any atom is -0.262 e. The lowest BCUT2D eigenvalue weighted by Gasteiger charge is -2.04. The number of unbranched alkanes of at least 4 members (excludes halogenated alkanes) is 3. The quantitative estimate of drug-likeness (QED) is 0.327. The number of thiol groups is 1. The van der Waals surface area contributed by atoms with Crippen molar-refractivity contribution in [3.05, 3.63) is 21.5 Å². The topological polar surface area (TPSA) is 61.0 Å². The molecule has 108 valence electrons. The van der Waals surface area contributed by atoms with E-state index in [1.807, 2.05) is 18.5 Å². The van der Waals surface area contributed by atoms with Gasteiger partial charge in [0.15, 0.2) is 0 Å². The van der Waals surface area contributed by atoms with Gasteiger partial charge < -0.3 is 0 Å². The van der Waals surface area contributed by atoms with Gasteiger partial charge in [-0.2, -0.15) is 17.7 Å². The number of hydrogen-bond donors (Lipinski definition) is 1. The molecular formula is C13H23N3O2S. The molecule has 1 heterocycles. The summed E-state index contributed by atoms with van der Waals surface area (Å²) >= 11 is 4.18. The van der Waals surface area contributed by atoms with Gasteiger partial charge in [-0.25, -0.2) is 0 Å². The Bertz CT molecular complexity index is 418. The van der Waals surface area contributed by atoms with Gasteiger partial charge in [-0.15, -0.1) is 0 Å². The maximum absolute atomic E-state index is 11.1. The summed E-state index contributed by atoms with van der Waals surface area (Å²) in [6, 6.07) is 0. The molecule has 0 aliphatic rings. The summed E-state index contributed by atoms with van der Waals surface area (Å²) in [4.78, 5) is 10.8. The third kappa shape index (κ3) is 4.23. The molecule has 6 heteroatoms. The Kier molecular flexibility index (Phi) is 6.91. The van der Waals surface area contributed by atoms with E-state index in [0.29, 0.717) is 18.5 Å². The standard InChI is InChI=1S/C13H23N3O2S/c1-3-11-13(16(17)18)12(4-2)15(14-11)9-7-5-6-8-10-19/h19H,3-10H2,1-2H3. The van der Waals surface area contributed by atoms with Gasteiger partial charge in [-0.05, 0) is 31.4 Å². The van der Waals surface area contributed by atoms with Crippen LogP contribution in [0.5, 0.6) is 0 Å². The van der Waals surface area contributed by atoms with Crippen LogP contribution in [0.4, 0.5) is 5.69 Å². The van der Waals surface area contributed by atoms with Crippen LogP contribution < -0.4 is 0 Å². The van der Waals surface area contributed by atoms with Crippen molar-refractivity contribution in [3.8, 4) is 0 Å². The number of hydrogen-bond acceptors (Lipinski definition) is 4. The molecule has 0 atom stereocenters. The zero-order valence-electron chi connectivity index (χ0n) is 11.8. The lowest BCUT2D eigenvalue weighted by atomic mass is 10.2. The van der Waals surface area contributed by atoms with E-state index in [4.69, 9.17) is 0 Å². The highest BCUT2D eigenvalue weighted by molar-refractivity contribution is 7.80. The molecule has 0 N–H and O–H groups in total. The Morgan fingerprint density at radius 2 is 1.89 bits per heavy atom. The van der Waals surface area contributed by atoms with Gasteiger partial charge in [0.2, 0.25) is 0 Å². The first-order valence-corrected chi connectivity index (χ1v) is 7.62. The molecule has 19 heavy (non-hydrogen) atoms. The van der Waals surface area contributed by atoms with E-state index in [1.165, 1.54) is 0 Å². The van der Waals surface area contributed by atoms with Crippen LogP contribution in [-0.4, -0.2) is 20.5 Å². The number of aromatic nitrogens is 2. The minimum atomic E-state index is -0.290. The molecule has 0 saturated heterocycles. The van der Waals surface area contributed by atoms with Crippen molar-refractivity contribution in [2.24, 2.45) is 0 Å². The Hall–Kier alpha value is -1.04. The van der Waals surface area contributed by atoms with Crippen molar-refractivity contribution in [1.29, 1.82) is 0 Å². The van der Waals surface area contributed by atoms with Crippen LogP contribution >= 0.6 is 12.6 Å². The van der Waals surface area contributed by atoms with Crippen molar-refractivity contribution < 1.29 is 4.92 Å². The molecule has 0 aliphatic heterocycles. The molecule has 0 amide bonds. The summed E-state index contributed by atoms with van der Waals surface area (Å²) in [5.41, 5.74) is 1.59. The molecule has 0 fully saturated rings. The van der Waals surface area contributed by atoms with Crippen molar-refractivity contribution in [2.75, 3.05) is 5.75 Å². The molecule has 5 nitrogen and oxygen atoms in total. The number of aryl methyl sites for hydroxylation is 2. The molecule has 0 unspecified atom stereocenters. The Morgan fingerprint density at radius 3 is 2.42 bits per heavy atom. The lowest BCUT2D eigenvalue weighted by molar-refractivity contribution is -0.386. The highest BCUT2D eigenvalue weighted by Gasteiger charge is 2.24. The van der Waals surface area contributed by atoms with Crippen LogP contribution in [0.15, 0.2) is 0 Å². The Balaban J connectivity index is 2.74. The second-order valence-electron chi connectivity index (χ2n) is 4.57.